The van der Waals surface area contributed by atoms with Crippen LogP contribution < -0.4 is 16.0 Å². The maximum Gasteiger partial charge on any atom is 0.234 e. The Morgan fingerprint density at radius 2 is 1.84 bits per heavy atom. The highest BCUT2D eigenvalue weighted by Crippen LogP contribution is 2.20. The molecule has 1 unspecified atom stereocenters. The number of hydrogen-bond donors (Lipinski definition) is 3. The Hall–Kier alpha value is -2.12. The fraction of sp³-hybridized carbons (Fsp3) is 0.680. The topological polar surface area (TPSA) is 72.0 Å². The number of rotatable bonds is 10. The first kappa shape index (κ1) is 24.5. The number of likely N-dealkylation sites (tertiary alicyclic amines) is 2. The fourth-order valence-corrected chi connectivity index (χ4v) is 4.60. The van der Waals surface area contributed by atoms with Crippen LogP contribution in [0.5, 0.6) is 0 Å². The van der Waals surface area contributed by atoms with Gasteiger partial charge >= 0.3 is 0 Å². The molecular weight excluding hydrogens is 400 g/mol. The number of hydrogen-bond acceptors (Lipinski definition) is 4. The maximum atomic E-state index is 12.0. The van der Waals surface area contributed by atoms with E-state index in [2.05, 4.69) is 69.9 Å². The molecule has 2 aliphatic heterocycles. The Balaban J connectivity index is 1.45. The molecule has 7 heteroatoms. The third-order valence-corrected chi connectivity index (χ3v) is 6.40. The number of carbonyl (C=O) groups is 1. The van der Waals surface area contributed by atoms with Gasteiger partial charge in [-0.25, -0.2) is 0 Å². The van der Waals surface area contributed by atoms with Gasteiger partial charge in [0.15, 0.2) is 5.96 Å². The minimum atomic E-state index is 0.143. The Morgan fingerprint density at radius 1 is 1.06 bits per heavy atom. The van der Waals surface area contributed by atoms with Crippen molar-refractivity contribution in [1.29, 1.82) is 0 Å². The SMILES string of the molecule is CCCNC(=O)CN1CCC(NC(=NCC2CCCN2Cc2ccccc2)NCC)CC1. The summed E-state index contributed by atoms with van der Waals surface area (Å²) in [4.78, 5) is 21.8. The van der Waals surface area contributed by atoms with E-state index < -0.39 is 0 Å². The summed E-state index contributed by atoms with van der Waals surface area (Å²) in [6, 6.07) is 11.7. The Kier molecular flexibility index (Phi) is 10.3. The van der Waals surface area contributed by atoms with Crippen LogP contribution >= 0.6 is 0 Å². The lowest BCUT2D eigenvalue weighted by Crippen LogP contribution is -2.50. The quantitative estimate of drug-likeness (QED) is 0.383. The maximum absolute atomic E-state index is 12.0. The highest BCUT2D eigenvalue weighted by atomic mass is 16.2. The van der Waals surface area contributed by atoms with Crippen molar-refractivity contribution in [2.75, 3.05) is 45.8 Å². The predicted molar refractivity (Wildman–Crippen MR) is 132 cm³/mol. The summed E-state index contributed by atoms with van der Waals surface area (Å²) in [5, 5.41) is 10.0. The summed E-state index contributed by atoms with van der Waals surface area (Å²) in [6.45, 7) is 11.2. The number of aliphatic imine (C=N–C) groups is 1. The lowest BCUT2D eigenvalue weighted by Gasteiger charge is -2.32. The first-order chi connectivity index (χ1) is 15.7. The van der Waals surface area contributed by atoms with Crippen LogP contribution in [0, 0.1) is 0 Å². The first-order valence-electron chi connectivity index (χ1n) is 12.5. The monoisotopic (exact) mass is 442 g/mol. The molecular formula is C25H42N6O. The molecule has 178 valence electrons. The van der Waals surface area contributed by atoms with E-state index in [1.165, 1.54) is 18.4 Å². The molecule has 0 radical (unpaired) electrons. The van der Waals surface area contributed by atoms with E-state index in [9.17, 15) is 4.79 Å². The molecule has 2 fully saturated rings. The molecule has 3 N–H and O–H groups in total. The largest absolute Gasteiger partial charge is 0.357 e. The van der Waals surface area contributed by atoms with Gasteiger partial charge in [0.2, 0.25) is 5.91 Å². The lowest BCUT2D eigenvalue weighted by molar-refractivity contribution is -0.122. The third kappa shape index (κ3) is 8.10. The minimum absolute atomic E-state index is 0.143. The van der Waals surface area contributed by atoms with Crippen molar-refractivity contribution >= 4 is 11.9 Å². The average Bonchev–Trinajstić information content (AvgIpc) is 3.25. The van der Waals surface area contributed by atoms with Crippen LogP contribution in [0.25, 0.3) is 0 Å². The number of carbonyl (C=O) groups excluding carboxylic acids is 1. The predicted octanol–water partition coefficient (Wildman–Crippen LogP) is 2.20. The number of guanidine groups is 1. The third-order valence-electron chi connectivity index (χ3n) is 6.40. The first-order valence-corrected chi connectivity index (χ1v) is 12.5. The van der Waals surface area contributed by atoms with Gasteiger partial charge in [0.25, 0.3) is 0 Å². The number of nitrogens with zero attached hydrogens (tertiary/aromatic N) is 3. The van der Waals surface area contributed by atoms with E-state index in [-0.39, 0.29) is 5.91 Å². The molecule has 7 nitrogen and oxygen atoms in total. The zero-order valence-corrected chi connectivity index (χ0v) is 20.0. The van der Waals surface area contributed by atoms with E-state index in [1.807, 2.05) is 0 Å². The molecule has 2 aliphatic rings. The number of nitrogens with one attached hydrogen (secondary N) is 3. The van der Waals surface area contributed by atoms with Crippen LogP contribution in [0.3, 0.4) is 0 Å². The highest BCUT2D eigenvalue weighted by molar-refractivity contribution is 5.80. The van der Waals surface area contributed by atoms with Crippen LogP contribution in [0.2, 0.25) is 0 Å². The Morgan fingerprint density at radius 3 is 2.56 bits per heavy atom. The van der Waals surface area contributed by atoms with Crippen LogP contribution in [0.1, 0.15) is 51.5 Å². The van der Waals surface area contributed by atoms with Crippen molar-refractivity contribution < 1.29 is 4.79 Å². The lowest BCUT2D eigenvalue weighted by atomic mass is 10.1. The summed E-state index contributed by atoms with van der Waals surface area (Å²) in [7, 11) is 0. The summed E-state index contributed by atoms with van der Waals surface area (Å²) >= 11 is 0. The zero-order chi connectivity index (χ0) is 22.6. The summed E-state index contributed by atoms with van der Waals surface area (Å²) in [5.74, 6) is 1.07. The molecule has 1 aromatic rings. The van der Waals surface area contributed by atoms with Crippen LogP contribution in [-0.4, -0.2) is 79.6 Å². The molecule has 0 saturated carbocycles. The van der Waals surface area contributed by atoms with Crippen LogP contribution in [0.4, 0.5) is 0 Å². The van der Waals surface area contributed by atoms with Gasteiger partial charge in [-0.05, 0) is 51.1 Å². The van der Waals surface area contributed by atoms with Crippen molar-refractivity contribution in [2.45, 2.75) is 64.6 Å². The van der Waals surface area contributed by atoms with Gasteiger partial charge in [-0.1, -0.05) is 37.3 Å². The Bertz CT molecular complexity index is 702. The van der Waals surface area contributed by atoms with Crippen molar-refractivity contribution in [1.82, 2.24) is 25.8 Å². The second kappa shape index (κ2) is 13.4. The Labute approximate surface area is 194 Å². The second-order valence-corrected chi connectivity index (χ2v) is 9.02. The normalized spacial score (nSPS) is 20.9. The highest BCUT2D eigenvalue weighted by Gasteiger charge is 2.25. The van der Waals surface area contributed by atoms with E-state index in [4.69, 9.17) is 4.99 Å². The van der Waals surface area contributed by atoms with Gasteiger partial charge in [-0.3, -0.25) is 19.6 Å². The fourth-order valence-electron chi connectivity index (χ4n) is 4.60. The van der Waals surface area contributed by atoms with E-state index in [0.29, 0.717) is 18.6 Å². The molecule has 0 spiro atoms. The van der Waals surface area contributed by atoms with Crippen LogP contribution in [0.15, 0.2) is 35.3 Å². The average molecular weight is 443 g/mol. The molecule has 3 rings (SSSR count). The number of benzene rings is 1. The van der Waals surface area contributed by atoms with Crippen molar-refractivity contribution in [3.05, 3.63) is 35.9 Å². The molecule has 0 bridgehead atoms. The molecule has 2 heterocycles. The van der Waals surface area contributed by atoms with Gasteiger partial charge in [0, 0.05) is 44.8 Å². The minimum Gasteiger partial charge on any atom is -0.357 e. The van der Waals surface area contributed by atoms with E-state index in [1.54, 1.807) is 0 Å². The van der Waals surface area contributed by atoms with Gasteiger partial charge in [-0.2, -0.15) is 0 Å². The molecule has 1 atom stereocenters. The standard InChI is InChI=1S/C25H42N6O/c1-3-14-27-24(32)20-30-16-12-22(13-17-30)29-25(26-4-2)28-18-23-11-8-15-31(23)19-21-9-6-5-7-10-21/h5-7,9-10,22-23H,3-4,8,11-20H2,1-2H3,(H,27,32)(H2,26,28,29). The molecule has 0 aliphatic carbocycles. The summed E-state index contributed by atoms with van der Waals surface area (Å²) in [5.41, 5.74) is 1.38. The van der Waals surface area contributed by atoms with Gasteiger partial charge in [0.1, 0.15) is 0 Å². The molecule has 1 aromatic carbocycles. The molecule has 32 heavy (non-hydrogen) atoms. The zero-order valence-electron chi connectivity index (χ0n) is 20.0. The molecule has 1 amide bonds. The number of amides is 1. The second-order valence-electron chi connectivity index (χ2n) is 9.02. The van der Waals surface area contributed by atoms with Crippen molar-refractivity contribution in [3.63, 3.8) is 0 Å². The smallest absolute Gasteiger partial charge is 0.234 e. The van der Waals surface area contributed by atoms with Gasteiger partial charge < -0.3 is 16.0 Å². The van der Waals surface area contributed by atoms with Crippen molar-refractivity contribution in [3.8, 4) is 0 Å². The summed E-state index contributed by atoms with van der Waals surface area (Å²) < 4.78 is 0. The van der Waals surface area contributed by atoms with Gasteiger partial charge in [-0.15, -0.1) is 0 Å². The number of piperidine rings is 1. The van der Waals surface area contributed by atoms with E-state index in [0.717, 1.165) is 71.0 Å². The molecule has 2 saturated heterocycles. The van der Waals surface area contributed by atoms with Crippen molar-refractivity contribution in [2.24, 2.45) is 4.99 Å². The van der Waals surface area contributed by atoms with Gasteiger partial charge in [0.05, 0.1) is 13.1 Å². The summed E-state index contributed by atoms with van der Waals surface area (Å²) in [6.07, 6.45) is 5.52. The molecule has 0 aromatic heterocycles. The van der Waals surface area contributed by atoms with Crippen LogP contribution in [-0.2, 0) is 11.3 Å². The van der Waals surface area contributed by atoms with E-state index >= 15 is 0 Å².